The normalized spacial score (nSPS) is 38.8. The number of ether oxygens (including phenoxy) is 2. The summed E-state index contributed by atoms with van der Waals surface area (Å²) in [6.07, 6.45) is 42.7. The van der Waals surface area contributed by atoms with E-state index in [1.165, 1.54) is 135 Å². The predicted octanol–water partition coefficient (Wildman–Crippen LogP) is 13.6. The van der Waals surface area contributed by atoms with Crippen LogP contribution in [0.15, 0.2) is 24.3 Å². The van der Waals surface area contributed by atoms with Crippen molar-refractivity contribution in [3.63, 3.8) is 0 Å². The summed E-state index contributed by atoms with van der Waals surface area (Å²) in [7, 11) is 1.94. The molecule has 52 heavy (non-hydrogen) atoms. The fourth-order valence-corrected chi connectivity index (χ4v) is 12.0. The molecular weight excluding hydrogens is 635 g/mol. The first-order valence-corrected chi connectivity index (χ1v) is 23.5. The van der Waals surface area contributed by atoms with E-state index in [4.69, 9.17) is 9.47 Å². The lowest BCUT2D eigenvalue weighted by Gasteiger charge is -2.50. The van der Waals surface area contributed by atoms with Crippen LogP contribution in [0.1, 0.15) is 189 Å². The van der Waals surface area contributed by atoms with Crippen LogP contribution in [-0.4, -0.2) is 49.0 Å². The highest BCUT2D eigenvalue weighted by molar-refractivity contribution is 5.05. The third-order valence-corrected chi connectivity index (χ3v) is 15.6. The highest BCUT2D eigenvalue weighted by atomic mass is 16.5. The van der Waals surface area contributed by atoms with Crippen molar-refractivity contribution < 1.29 is 9.47 Å². The van der Waals surface area contributed by atoms with Gasteiger partial charge in [0, 0.05) is 43.7 Å². The van der Waals surface area contributed by atoms with Gasteiger partial charge in [0.15, 0.2) is 0 Å². The fraction of sp³-hybridized carbons (Fsp3) is 0.918. The lowest BCUT2D eigenvalue weighted by atomic mass is 9.69. The van der Waals surface area contributed by atoms with Gasteiger partial charge in [0.2, 0.25) is 0 Å². The number of methoxy groups -OCH3 is 1. The molecule has 5 aliphatic carbocycles. The molecule has 0 spiro atoms. The highest BCUT2D eigenvalue weighted by Crippen LogP contribution is 2.44. The molecule has 0 aliphatic heterocycles. The van der Waals surface area contributed by atoms with Crippen LogP contribution in [0, 0.1) is 53.3 Å². The van der Waals surface area contributed by atoms with Gasteiger partial charge in [-0.3, -0.25) is 4.90 Å². The molecule has 0 amide bonds. The van der Waals surface area contributed by atoms with Crippen molar-refractivity contribution in [3.05, 3.63) is 24.3 Å². The van der Waals surface area contributed by atoms with Crippen LogP contribution in [0.25, 0.3) is 0 Å². The lowest BCUT2D eigenvalue weighted by Crippen LogP contribution is -2.52. The van der Waals surface area contributed by atoms with Gasteiger partial charge in [0.1, 0.15) is 0 Å². The standard InChI is InChI=1S/C49H87NO2/c1-8-11-43-34-48(51-7)44(35-49(43)52-33-32-37(5)13-10-12-36(3)4)23-18-40-19-28-46(29-20-40)50(45-26-14-38(6)15-27-45)47-30-24-42(25-31-47)41-21-16-39(9-2)17-22-41/h8,11,18,23,36-49H,9-10,12-17,19-22,24-35H2,1-7H3. The highest BCUT2D eigenvalue weighted by Gasteiger charge is 2.40. The Labute approximate surface area is 324 Å². The summed E-state index contributed by atoms with van der Waals surface area (Å²) in [6.45, 7) is 15.1. The van der Waals surface area contributed by atoms with E-state index in [9.17, 15) is 0 Å². The first kappa shape index (κ1) is 42.5. The number of rotatable bonds is 17. The summed E-state index contributed by atoms with van der Waals surface area (Å²) >= 11 is 0. The van der Waals surface area contributed by atoms with Crippen molar-refractivity contribution in [1.29, 1.82) is 0 Å². The van der Waals surface area contributed by atoms with Crippen molar-refractivity contribution in [2.75, 3.05) is 13.7 Å². The molecule has 5 aliphatic rings. The maximum atomic E-state index is 6.73. The average Bonchev–Trinajstić information content (AvgIpc) is 3.16. The average molecular weight is 722 g/mol. The molecule has 0 aromatic carbocycles. The van der Waals surface area contributed by atoms with Crippen molar-refractivity contribution >= 4 is 0 Å². The Kier molecular flexibility index (Phi) is 18.1. The molecule has 0 aromatic heterocycles. The van der Waals surface area contributed by atoms with Gasteiger partial charge in [-0.05, 0) is 158 Å². The first-order chi connectivity index (χ1) is 25.3. The molecule has 5 atom stereocenters. The van der Waals surface area contributed by atoms with Crippen molar-refractivity contribution in [3.8, 4) is 0 Å². The summed E-state index contributed by atoms with van der Waals surface area (Å²) in [5.74, 6) is 7.26. The zero-order chi connectivity index (χ0) is 36.9. The van der Waals surface area contributed by atoms with Crippen molar-refractivity contribution in [2.24, 2.45) is 53.3 Å². The Morgan fingerprint density at radius 1 is 0.635 bits per heavy atom. The van der Waals surface area contributed by atoms with E-state index in [0.717, 1.165) is 79.0 Å². The molecule has 3 nitrogen and oxygen atoms in total. The largest absolute Gasteiger partial charge is 0.381 e. The van der Waals surface area contributed by atoms with E-state index in [1.54, 1.807) is 0 Å². The van der Waals surface area contributed by atoms with Gasteiger partial charge >= 0.3 is 0 Å². The smallest absolute Gasteiger partial charge is 0.0645 e. The second-order valence-electron chi connectivity index (χ2n) is 19.8. The van der Waals surface area contributed by atoms with Gasteiger partial charge in [-0.2, -0.15) is 0 Å². The van der Waals surface area contributed by atoms with E-state index < -0.39 is 0 Å². The first-order valence-electron chi connectivity index (χ1n) is 23.5. The van der Waals surface area contributed by atoms with E-state index in [2.05, 4.69) is 70.7 Å². The maximum Gasteiger partial charge on any atom is 0.0645 e. The van der Waals surface area contributed by atoms with Crippen LogP contribution in [-0.2, 0) is 9.47 Å². The molecule has 5 fully saturated rings. The van der Waals surface area contributed by atoms with Gasteiger partial charge in [0.05, 0.1) is 12.2 Å². The van der Waals surface area contributed by atoms with Gasteiger partial charge in [-0.15, -0.1) is 0 Å². The van der Waals surface area contributed by atoms with Crippen LogP contribution in [0.5, 0.6) is 0 Å². The fourth-order valence-electron chi connectivity index (χ4n) is 12.0. The minimum Gasteiger partial charge on any atom is -0.381 e. The van der Waals surface area contributed by atoms with E-state index in [1.807, 2.05) is 7.11 Å². The maximum absolute atomic E-state index is 6.73. The zero-order valence-electron chi connectivity index (χ0n) is 35.6. The van der Waals surface area contributed by atoms with Crippen LogP contribution in [0.2, 0.25) is 0 Å². The summed E-state index contributed by atoms with van der Waals surface area (Å²) in [4.78, 5) is 3.20. The van der Waals surface area contributed by atoms with E-state index in [-0.39, 0.29) is 0 Å². The van der Waals surface area contributed by atoms with Crippen LogP contribution < -0.4 is 0 Å². The van der Waals surface area contributed by atoms with Gasteiger partial charge in [0.25, 0.3) is 0 Å². The van der Waals surface area contributed by atoms with E-state index in [0.29, 0.717) is 24.0 Å². The minimum absolute atomic E-state index is 0.296. The molecule has 3 heteroatoms. The summed E-state index contributed by atoms with van der Waals surface area (Å²) in [6, 6.07) is 2.52. The summed E-state index contributed by atoms with van der Waals surface area (Å²) < 4.78 is 12.9. The van der Waals surface area contributed by atoms with Gasteiger partial charge < -0.3 is 9.47 Å². The summed E-state index contributed by atoms with van der Waals surface area (Å²) in [5, 5.41) is 0. The molecule has 5 unspecified atom stereocenters. The monoisotopic (exact) mass is 722 g/mol. The number of nitrogens with zero attached hydrogens (tertiary/aromatic N) is 1. The number of allylic oxidation sites excluding steroid dienone is 2. The lowest BCUT2D eigenvalue weighted by molar-refractivity contribution is -0.0614. The minimum atomic E-state index is 0.296. The summed E-state index contributed by atoms with van der Waals surface area (Å²) in [5.41, 5.74) is 0. The predicted molar refractivity (Wildman–Crippen MR) is 224 cm³/mol. The Balaban J connectivity index is 1.13. The topological polar surface area (TPSA) is 21.7 Å². The third kappa shape index (κ3) is 12.7. The van der Waals surface area contributed by atoms with Crippen LogP contribution in [0.3, 0.4) is 0 Å². The Bertz CT molecular complexity index is 1000. The van der Waals surface area contributed by atoms with E-state index >= 15 is 0 Å². The van der Waals surface area contributed by atoms with Crippen molar-refractivity contribution in [2.45, 2.75) is 220 Å². The molecule has 5 rings (SSSR count). The molecule has 0 saturated heterocycles. The third-order valence-electron chi connectivity index (χ3n) is 15.6. The molecule has 0 bridgehead atoms. The molecule has 0 radical (unpaired) electrons. The molecule has 0 N–H and O–H groups in total. The Morgan fingerprint density at radius 3 is 1.77 bits per heavy atom. The second-order valence-corrected chi connectivity index (χ2v) is 19.8. The molecule has 0 aromatic rings. The number of hydrogen-bond acceptors (Lipinski definition) is 3. The van der Waals surface area contributed by atoms with Crippen LogP contribution >= 0.6 is 0 Å². The van der Waals surface area contributed by atoms with Crippen molar-refractivity contribution in [1.82, 2.24) is 4.90 Å². The molecule has 0 heterocycles. The SMILES string of the molecule is CC=CC1CC(OC)C(C=CC2CCC(N(C3CCC(C)CC3)C3CCC(C4CCC(CC)CC4)CC3)CC2)CC1OCCC(C)CCCC(C)C. The second kappa shape index (κ2) is 22.2. The molecule has 5 saturated carbocycles. The Hall–Kier alpha value is -0.640. The quantitative estimate of drug-likeness (QED) is 0.140. The molecular formula is C49H87NO2. The zero-order valence-corrected chi connectivity index (χ0v) is 35.6. The van der Waals surface area contributed by atoms with Gasteiger partial charge in [-0.25, -0.2) is 0 Å². The van der Waals surface area contributed by atoms with Gasteiger partial charge in [-0.1, -0.05) is 97.4 Å². The number of hydrogen-bond donors (Lipinski definition) is 0. The molecule has 300 valence electrons. The Morgan fingerprint density at radius 2 is 1.19 bits per heavy atom. The van der Waals surface area contributed by atoms with Crippen LogP contribution in [0.4, 0.5) is 0 Å².